The highest BCUT2D eigenvalue weighted by atomic mass is 16.2. The number of anilines is 1. The van der Waals surface area contributed by atoms with E-state index in [1.165, 1.54) is 4.90 Å². The first-order valence-corrected chi connectivity index (χ1v) is 5.94. The van der Waals surface area contributed by atoms with E-state index in [1.807, 2.05) is 0 Å². The van der Waals surface area contributed by atoms with Crippen LogP contribution in [0.1, 0.15) is 16.3 Å². The molecule has 7 nitrogen and oxygen atoms in total. The number of imidazole rings is 1. The molecule has 19 heavy (non-hydrogen) atoms. The predicted molar refractivity (Wildman–Crippen MR) is 70.8 cm³/mol. The zero-order valence-electron chi connectivity index (χ0n) is 10.9. The van der Waals surface area contributed by atoms with Crippen molar-refractivity contribution in [1.29, 1.82) is 0 Å². The summed E-state index contributed by atoms with van der Waals surface area (Å²) in [6, 6.07) is 3.40. The molecular weight excluding hydrogens is 244 g/mol. The molecule has 0 spiro atoms. The number of amides is 1. The molecule has 0 saturated carbocycles. The molecule has 0 unspecified atom stereocenters. The molecule has 2 N–H and O–H groups in total. The smallest absolute Gasteiger partial charge is 0.273 e. The lowest BCUT2D eigenvalue weighted by molar-refractivity contribution is 0.0821. The zero-order valence-corrected chi connectivity index (χ0v) is 10.9. The standard InChI is InChI=1S/C12H16N6O/c1-18(2)12(19)9-3-4-11(17-16-9)13-6-5-10-14-7-8-15-10/h3-4,7-8H,5-6H2,1-2H3,(H,13,17)(H,14,15). The summed E-state index contributed by atoms with van der Waals surface area (Å²) in [5.74, 6) is 1.40. The first-order valence-electron chi connectivity index (χ1n) is 5.94. The zero-order chi connectivity index (χ0) is 13.7. The van der Waals surface area contributed by atoms with Crippen molar-refractivity contribution >= 4 is 11.7 Å². The highest BCUT2D eigenvalue weighted by Gasteiger charge is 2.09. The Morgan fingerprint density at radius 2 is 2.21 bits per heavy atom. The molecule has 0 atom stereocenters. The minimum absolute atomic E-state index is 0.158. The van der Waals surface area contributed by atoms with Crippen LogP contribution in [0.2, 0.25) is 0 Å². The number of carbonyl (C=O) groups excluding carboxylic acids is 1. The fraction of sp³-hybridized carbons (Fsp3) is 0.333. The number of rotatable bonds is 5. The van der Waals surface area contributed by atoms with E-state index < -0.39 is 0 Å². The van der Waals surface area contributed by atoms with Crippen molar-refractivity contribution in [3.8, 4) is 0 Å². The van der Waals surface area contributed by atoms with Crippen molar-refractivity contribution in [2.24, 2.45) is 0 Å². The van der Waals surface area contributed by atoms with E-state index in [-0.39, 0.29) is 5.91 Å². The van der Waals surface area contributed by atoms with Crippen molar-refractivity contribution in [3.63, 3.8) is 0 Å². The fourth-order valence-electron chi connectivity index (χ4n) is 1.51. The van der Waals surface area contributed by atoms with Gasteiger partial charge >= 0.3 is 0 Å². The maximum atomic E-state index is 11.6. The Morgan fingerprint density at radius 3 is 2.79 bits per heavy atom. The number of H-pyrrole nitrogens is 1. The number of nitrogens with zero attached hydrogens (tertiary/aromatic N) is 4. The second-order valence-electron chi connectivity index (χ2n) is 4.22. The van der Waals surface area contributed by atoms with Gasteiger partial charge in [0.2, 0.25) is 0 Å². The molecule has 2 aromatic heterocycles. The largest absolute Gasteiger partial charge is 0.368 e. The predicted octanol–water partition coefficient (Wildman–Crippen LogP) is 0.556. The van der Waals surface area contributed by atoms with Gasteiger partial charge in [0.1, 0.15) is 11.6 Å². The van der Waals surface area contributed by atoms with Gasteiger partial charge in [-0.3, -0.25) is 4.79 Å². The Kier molecular flexibility index (Phi) is 4.07. The first-order chi connectivity index (χ1) is 9.16. The van der Waals surface area contributed by atoms with Crippen LogP contribution in [-0.4, -0.2) is 51.6 Å². The lowest BCUT2D eigenvalue weighted by atomic mass is 10.3. The summed E-state index contributed by atoms with van der Waals surface area (Å²) >= 11 is 0. The number of nitrogens with one attached hydrogen (secondary N) is 2. The molecule has 0 fully saturated rings. The summed E-state index contributed by atoms with van der Waals surface area (Å²) in [6.07, 6.45) is 4.28. The molecule has 0 saturated heterocycles. The average Bonchev–Trinajstić information content (AvgIpc) is 2.92. The Labute approximate surface area is 111 Å². The van der Waals surface area contributed by atoms with Gasteiger partial charge in [-0.05, 0) is 12.1 Å². The van der Waals surface area contributed by atoms with Crippen molar-refractivity contribution in [1.82, 2.24) is 25.1 Å². The fourth-order valence-corrected chi connectivity index (χ4v) is 1.51. The van der Waals surface area contributed by atoms with Gasteiger partial charge in [0.15, 0.2) is 5.69 Å². The molecule has 7 heteroatoms. The van der Waals surface area contributed by atoms with Crippen molar-refractivity contribution in [3.05, 3.63) is 36.0 Å². The molecule has 0 aromatic carbocycles. The van der Waals surface area contributed by atoms with Crippen LogP contribution in [0.5, 0.6) is 0 Å². The number of hydrogen-bond acceptors (Lipinski definition) is 5. The van der Waals surface area contributed by atoms with E-state index in [0.717, 1.165) is 12.2 Å². The number of aromatic nitrogens is 4. The third kappa shape index (κ3) is 3.51. The maximum absolute atomic E-state index is 11.6. The van der Waals surface area contributed by atoms with E-state index in [9.17, 15) is 4.79 Å². The highest BCUT2D eigenvalue weighted by molar-refractivity contribution is 5.91. The van der Waals surface area contributed by atoms with E-state index in [0.29, 0.717) is 18.1 Å². The van der Waals surface area contributed by atoms with Gasteiger partial charge in [-0.15, -0.1) is 10.2 Å². The molecule has 0 aliphatic carbocycles. The van der Waals surface area contributed by atoms with E-state index in [1.54, 1.807) is 38.6 Å². The summed E-state index contributed by atoms with van der Waals surface area (Å²) in [7, 11) is 3.36. The quantitative estimate of drug-likeness (QED) is 0.820. The van der Waals surface area contributed by atoms with Crippen LogP contribution in [0.15, 0.2) is 24.5 Å². The Bertz CT molecular complexity index is 520. The number of carbonyl (C=O) groups is 1. The highest BCUT2D eigenvalue weighted by Crippen LogP contribution is 2.03. The summed E-state index contributed by atoms with van der Waals surface area (Å²) in [5, 5.41) is 11.0. The molecule has 0 aliphatic heterocycles. The molecule has 0 radical (unpaired) electrons. The Hall–Kier alpha value is -2.44. The van der Waals surface area contributed by atoms with Crippen LogP contribution in [-0.2, 0) is 6.42 Å². The van der Waals surface area contributed by atoms with Crippen LogP contribution >= 0.6 is 0 Å². The van der Waals surface area contributed by atoms with Crippen molar-refractivity contribution in [2.45, 2.75) is 6.42 Å². The lowest BCUT2D eigenvalue weighted by Gasteiger charge is -2.09. The molecule has 1 amide bonds. The summed E-state index contributed by atoms with van der Waals surface area (Å²) in [5.41, 5.74) is 0.335. The first kappa shape index (κ1) is 13.0. The number of aromatic amines is 1. The summed E-state index contributed by atoms with van der Waals surface area (Å²) in [6.45, 7) is 0.698. The van der Waals surface area contributed by atoms with Crippen LogP contribution < -0.4 is 5.32 Å². The van der Waals surface area contributed by atoms with Gasteiger partial charge in [0, 0.05) is 39.5 Å². The maximum Gasteiger partial charge on any atom is 0.273 e. The van der Waals surface area contributed by atoms with Gasteiger partial charge in [-0.2, -0.15) is 0 Å². The average molecular weight is 260 g/mol. The minimum atomic E-state index is -0.158. The van der Waals surface area contributed by atoms with Crippen LogP contribution in [0.25, 0.3) is 0 Å². The van der Waals surface area contributed by atoms with Crippen molar-refractivity contribution < 1.29 is 4.79 Å². The van der Waals surface area contributed by atoms with Gasteiger partial charge < -0.3 is 15.2 Å². The van der Waals surface area contributed by atoms with Gasteiger partial charge in [0.05, 0.1) is 0 Å². The van der Waals surface area contributed by atoms with E-state index >= 15 is 0 Å². The normalized spacial score (nSPS) is 10.2. The Balaban J connectivity index is 1.86. The van der Waals surface area contributed by atoms with Crippen LogP contribution in [0.3, 0.4) is 0 Å². The van der Waals surface area contributed by atoms with Gasteiger partial charge in [-0.25, -0.2) is 4.98 Å². The monoisotopic (exact) mass is 260 g/mol. The summed E-state index contributed by atoms with van der Waals surface area (Å²) < 4.78 is 0. The van der Waals surface area contributed by atoms with Crippen LogP contribution in [0, 0.1) is 0 Å². The van der Waals surface area contributed by atoms with Crippen LogP contribution in [0.4, 0.5) is 5.82 Å². The van der Waals surface area contributed by atoms with Gasteiger partial charge in [0.25, 0.3) is 5.91 Å². The third-order valence-corrected chi connectivity index (χ3v) is 2.51. The molecule has 2 aromatic rings. The molecule has 2 heterocycles. The Morgan fingerprint density at radius 1 is 1.37 bits per heavy atom. The SMILES string of the molecule is CN(C)C(=O)c1ccc(NCCc2ncc[nH]2)nn1. The van der Waals surface area contributed by atoms with Gasteiger partial charge in [-0.1, -0.05) is 0 Å². The molecule has 0 bridgehead atoms. The van der Waals surface area contributed by atoms with E-state index in [4.69, 9.17) is 0 Å². The third-order valence-electron chi connectivity index (χ3n) is 2.51. The summed E-state index contributed by atoms with van der Waals surface area (Å²) in [4.78, 5) is 20.2. The second kappa shape index (κ2) is 5.94. The van der Waals surface area contributed by atoms with Crippen molar-refractivity contribution in [2.75, 3.05) is 26.0 Å². The molecule has 0 aliphatic rings. The minimum Gasteiger partial charge on any atom is -0.368 e. The number of hydrogen-bond donors (Lipinski definition) is 2. The topological polar surface area (TPSA) is 86.8 Å². The molecule has 2 rings (SSSR count). The lowest BCUT2D eigenvalue weighted by Crippen LogP contribution is -2.23. The molecular formula is C12H16N6O. The molecule has 100 valence electrons. The van der Waals surface area contributed by atoms with E-state index in [2.05, 4.69) is 25.5 Å². The second-order valence-corrected chi connectivity index (χ2v) is 4.22.